The first kappa shape index (κ1) is 23.6. The number of fused-ring (bicyclic) bond motifs is 3. The van der Waals surface area contributed by atoms with Crippen LogP contribution in [-0.4, -0.2) is 45.5 Å². The highest BCUT2D eigenvalue weighted by Gasteiger charge is 2.56. The number of thioether (sulfide) groups is 1. The highest BCUT2D eigenvalue weighted by atomic mass is 32.2. The maximum Gasteiger partial charge on any atom is 0.194 e. The van der Waals surface area contributed by atoms with Crippen LogP contribution in [0.5, 0.6) is 17.2 Å². The van der Waals surface area contributed by atoms with Gasteiger partial charge in [-0.25, -0.2) is 0 Å². The van der Waals surface area contributed by atoms with E-state index in [0.29, 0.717) is 25.1 Å². The van der Waals surface area contributed by atoms with E-state index in [0.717, 1.165) is 11.8 Å². The van der Waals surface area contributed by atoms with Crippen molar-refractivity contribution in [1.29, 1.82) is 0 Å². The molecule has 9 heteroatoms. The van der Waals surface area contributed by atoms with Crippen molar-refractivity contribution >= 4 is 34.2 Å². The topological polar surface area (TPSA) is 130 Å². The van der Waals surface area contributed by atoms with Gasteiger partial charge in [-0.05, 0) is 40.4 Å². The van der Waals surface area contributed by atoms with Crippen LogP contribution in [0.1, 0.15) is 55.1 Å². The summed E-state index contributed by atoms with van der Waals surface area (Å²) in [5.74, 6) is -2.57. The monoisotopic (exact) mass is 459 g/mol. The molecule has 0 aromatic heterocycles. The zero-order chi connectivity index (χ0) is 24.0. The molecule has 3 rings (SSSR count). The number of hydrogen-bond acceptors (Lipinski definition) is 9. The van der Waals surface area contributed by atoms with Crippen LogP contribution in [0, 0.1) is 6.92 Å². The number of Topliss-reactive ketones (excluding diaryl/α,β-unsaturated/α-hetero) is 2. The minimum atomic E-state index is -1.54. The van der Waals surface area contributed by atoms with Crippen molar-refractivity contribution in [3.8, 4) is 17.2 Å². The van der Waals surface area contributed by atoms with E-state index in [1.54, 1.807) is 13.2 Å². The van der Waals surface area contributed by atoms with E-state index < -0.39 is 28.5 Å². The van der Waals surface area contributed by atoms with Crippen molar-refractivity contribution in [3.05, 3.63) is 39.8 Å². The van der Waals surface area contributed by atoms with Crippen molar-refractivity contribution in [1.82, 2.24) is 5.32 Å². The van der Waals surface area contributed by atoms with Crippen LogP contribution in [0.3, 0.4) is 0 Å². The van der Waals surface area contributed by atoms with E-state index in [2.05, 4.69) is 5.32 Å². The van der Waals surface area contributed by atoms with E-state index in [9.17, 15) is 29.4 Å². The lowest BCUT2D eigenvalue weighted by atomic mass is 9.70. The SMILES string of the molecule is CSC(=O)CCCN/C(C)=C1\C(=O)C=C2Oc3c(C(C)=O)c(O)c(C)c(O)c3C2(C)C1=O. The number of phenols is 2. The van der Waals surface area contributed by atoms with Gasteiger partial charge in [-0.2, -0.15) is 0 Å². The zero-order valence-corrected chi connectivity index (χ0v) is 19.4. The number of carbonyl (C=O) groups is 4. The summed E-state index contributed by atoms with van der Waals surface area (Å²) in [7, 11) is 0. The molecular weight excluding hydrogens is 434 g/mol. The van der Waals surface area contributed by atoms with Gasteiger partial charge in [0.15, 0.2) is 22.5 Å². The Morgan fingerprint density at radius 3 is 2.44 bits per heavy atom. The first-order valence-electron chi connectivity index (χ1n) is 10.1. The third kappa shape index (κ3) is 3.50. The standard InChI is InChI=1S/C23H25NO7S/c1-10-19(28)17(12(3)25)21-18(20(10)29)23(4)14(31-21)9-13(26)16(22(23)30)11(2)24-8-6-7-15(27)32-5/h9,24,28-29H,6-8H2,1-5H3/b16-11+. The minimum Gasteiger partial charge on any atom is -0.507 e. The van der Waals surface area contributed by atoms with Crippen LogP contribution >= 0.6 is 11.8 Å². The fourth-order valence-electron chi connectivity index (χ4n) is 4.06. The van der Waals surface area contributed by atoms with E-state index in [4.69, 9.17) is 4.74 Å². The number of phenolic OH excluding ortho intramolecular Hbond substituents is 2. The van der Waals surface area contributed by atoms with Crippen LogP contribution in [0.4, 0.5) is 0 Å². The van der Waals surface area contributed by atoms with Crippen molar-refractivity contribution in [3.63, 3.8) is 0 Å². The molecule has 1 aliphatic carbocycles. The number of rotatable bonds is 6. The number of ether oxygens (including phenoxy) is 1. The van der Waals surface area contributed by atoms with Crippen molar-refractivity contribution < 1.29 is 34.1 Å². The van der Waals surface area contributed by atoms with E-state index >= 15 is 0 Å². The van der Waals surface area contributed by atoms with Gasteiger partial charge in [-0.15, -0.1) is 0 Å². The third-order valence-corrected chi connectivity index (χ3v) is 6.59. The Morgan fingerprint density at radius 2 is 1.84 bits per heavy atom. The predicted molar refractivity (Wildman–Crippen MR) is 119 cm³/mol. The second-order valence-electron chi connectivity index (χ2n) is 7.99. The molecular formula is C23H25NO7S. The second kappa shape index (κ2) is 8.46. The summed E-state index contributed by atoms with van der Waals surface area (Å²) in [4.78, 5) is 50.0. The Bertz CT molecular complexity index is 1130. The van der Waals surface area contributed by atoms with Gasteiger partial charge in [-0.3, -0.25) is 19.2 Å². The van der Waals surface area contributed by atoms with Crippen LogP contribution in [-0.2, 0) is 19.8 Å². The van der Waals surface area contributed by atoms with Gasteiger partial charge in [0.2, 0.25) is 0 Å². The quantitative estimate of drug-likeness (QED) is 0.254. The molecule has 1 aliphatic heterocycles. The maximum atomic E-state index is 13.6. The first-order valence-corrected chi connectivity index (χ1v) is 11.3. The molecule has 0 radical (unpaired) electrons. The number of hydrogen-bond donors (Lipinski definition) is 3. The Morgan fingerprint density at radius 1 is 1.19 bits per heavy atom. The Kier molecular flexibility index (Phi) is 6.24. The molecule has 3 N–H and O–H groups in total. The molecule has 0 amide bonds. The average Bonchev–Trinajstić information content (AvgIpc) is 3.02. The average molecular weight is 460 g/mol. The molecule has 0 fully saturated rings. The molecule has 1 atom stereocenters. The number of nitrogens with one attached hydrogen (secondary N) is 1. The molecule has 32 heavy (non-hydrogen) atoms. The van der Waals surface area contributed by atoms with Crippen LogP contribution < -0.4 is 10.1 Å². The van der Waals surface area contributed by atoms with Gasteiger partial charge in [-0.1, -0.05) is 11.8 Å². The molecule has 0 saturated carbocycles. The summed E-state index contributed by atoms with van der Waals surface area (Å²) >= 11 is 1.15. The van der Waals surface area contributed by atoms with Crippen LogP contribution in [0.2, 0.25) is 0 Å². The lowest BCUT2D eigenvalue weighted by Gasteiger charge is -2.29. The molecule has 1 aromatic carbocycles. The smallest absolute Gasteiger partial charge is 0.194 e. The second-order valence-corrected chi connectivity index (χ2v) is 8.86. The fourth-order valence-corrected chi connectivity index (χ4v) is 4.41. The van der Waals surface area contributed by atoms with Crippen LogP contribution in [0.15, 0.2) is 23.1 Å². The molecule has 8 nitrogen and oxygen atoms in total. The molecule has 0 bridgehead atoms. The number of benzene rings is 1. The molecule has 1 heterocycles. The maximum absolute atomic E-state index is 13.6. The van der Waals surface area contributed by atoms with Crippen LogP contribution in [0.25, 0.3) is 0 Å². The fraction of sp³-hybridized carbons (Fsp3) is 0.391. The molecule has 170 valence electrons. The van der Waals surface area contributed by atoms with E-state index in [-0.39, 0.29) is 44.6 Å². The summed E-state index contributed by atoms with van der Waals surface area (Å²) in [6, 6.07) is 0. The van der Waals surface area contributed by atoms with Crippen molar-refractivity contribution in [2.45, 2.75) is 46.0 Å². The first-order chi connectivity index (χ1) is 15.0. The van der Waals surface area contributed by atoms with Gasteiger partial charge >= 0.3 is 0 Å². The number of allylic oxidation sites excluding steroid dienone is 4. The highest BCUT2D eigenvalue weighted by Crippen LogP contribution is 2.57. The summed E-state index contributed by atoms with van der Waals surface area (Å²) in [5, 5.41) is 24.3. The number of ketones is 3. The summed E-state index contributed by atoms with van der Waals surface area (Å²) < 4.78 is 5.72. The third-order valence-electron chi connectivity index (χ3n) is 5.94. The largest absolute Gasteiger partial charge is 0.507 e. The normalized spacial score (nSPS) is 20.8. The number of aromatic hydroxyl groups is 2. The zero-order valence-electron chi connectivity index (χ0n) is 18.5. The van der Waals surface area contributed by atoms with E-state index in [1.807, 2.05) is 0 Å². The van der Waals surface area contributed by atoms with Gasteiger partial charge in [0, 0.05) is 30.3 Å². The number of carbonyl (C=O) groups excluding carboxylic acids is 4. The van der Waals surface area contributed by atoms with Crippen molar-refractivity contribution in [2.24, 2.45) is 0 Å². The predicted octanol–water partition coefficient (Wildman–Crippen LogP) is 2.83. The molecule has 1 aromatic rings. The Labute approximate surface area is 189 Å². The molecule has 0 saturated heterocycles. The lowest BCUT2D eigenvalue weighted by molar-refractivity contribution is -0.123. The Hall–Kier alpha value is -3.07. The molecule has 2 aliphatic rings. The summed E-state index contributed by atoms with van der Waals surface area (Å²) in [5.41, 5.74) is -1.32. The van der Waals surface area contributed by atoms with E-state index in [1.165, 1.54) is 26.8 Å². The summed E-state index contributed by atoms with van der Waals surface area (Å²) in [6.45, 7) is 6.19. The lowest BCUT2D eigenvalue weighted by Crippen LogP contribution is -2.41. The summed E-state index contributed by atoms with van der Waals surface area (Å²) in [6.07, 6.45) is 3.79. The minimum absolute atomic E-state index is 0.00702. The Balaban J connectivity index is 2.07. The molecule has 0 spiro atoms. The van der Waals surface area contributed by atoms with Gasteiger partial charge in [0.25, 0.3) is 0 Å². The van der Waals surface area contributed by atoms with Gasteiger partial charge in [0.1, 0.15) is 34.0 Å². The highest BCUT2D eigenvalue weighted by molar-refractivity contribution is 8.13. The van der Waals surface area contributed by atoms with Gasteiger partial charge in [0.05, 0.1) is 11.1 Å². The molecule has 1 unspecified atom stereocenters. The van der Waals surface area contributed by atoms with Gasteiger partial charge < -0.3 is 20.3 Å². The van der Waals surface area contributed by atoms with Crippen molar-refractivity contribution in [2.75, 3.05) is 12.8 Å².